The fraction of sp³-hybridized carbons (Fsp3) is 0.538. The molecule has 2 heteroatoms. The van der Waals surface area contributed by atoms with E-state index in [0.29, 0.717) is 10.9 Å². The van der Waals surface area contributed by atoms with Crippen molar-refractivity contribution in [2.24, 2.45) is 5.92 Å². The Morgan fingerprint density at radius 3 is 2.73 bits per heavy atom. The topological polar surface area (TPSA) is 20.2 Å². The Morgan fingerprint density at radius 2 is 2.20 bits per heavy atom. The third-order valence-electron chi connectivity index (χ3n) is 3.36. The van der Waals surface area contributed by atoms with Crippen molar-refractivity contribution >= 4 is 11.6 Å². The van der Waals surface area contributed by atoms with E-state index in [9.17, 15) is 5.11 Å². The van der Waals surface area contributed by atoms with E-state index in [1.807, 2.05) is 31.2 Å². The van der Waals surface area contributed by atoms with Crippen molar-refractivity contribution < 1.29 is 5.11 Å². The maximum Gasteiger partial charge on any atom is 0.0871 e. The highest BCUT2D eigenvalue weighted by atomic mass is 35.5. The van der Waals surface area contributed by atoms with Crippen LogP contribution >= 0.6 is 11.6 Å². The second-order valence-corrected chi connectivity index (χ2v) is 5.22. The Morgan fingerprint density at radius 1 is 1.47 bits per heavy atom. The summed E-state index contributed by atoms with van der Waals surface area (Å²) in [6.07, 6.45) is 4.69. The summed E-state index contributed by atoms with van der Waals surface area (Å²) in [5.41, 5.74) is 0.206. The lowest BCUT2D eigenvalue weighted by Gasteiger charge is -2.33. The standard InChI is InChI=1S/C13H17ClO/c1-13(15,9-10-4-2-5-10)11-6-3-7-12(14)8-11/h3,6-8,10,15H,2,4-5,9H2,1H3. The average Bonchev–Trinajstić information content (AvgIpc) is 2.12. The van der Waals surface area contributed by atoms with Gasteiger partial charge in [-0.2, -0.15) is 0 Å². The molecule has 0 aromatic heterocycles. The second kappa shape index (κ2) is 4.15. The molecule has 0 aliphatic heterocycles. The minimum absolute atomic E-state index is 0.694. The van der Waals surface area contributed by atoms with Crippen LogP contribution in [0.4, 0.5) is 0 Å². The van der Waals surface area contributed by atoms with Gasteiger partial charge in [0.05, 0.1) is 5.60 Å². The van der Waals surface area contributed by atoms with Gasteiger partial charge in [0.25, 0.3) is 0 Å². The Kier molecular flexibility index (Phi) is 3.03. The van der Waals surface area contributed by atoms with E-state index in [1.165, 1.54) is 19.3 Å². The molecule has 0 bridgehead atoms. The molecule has 1 aliphatic carbocycles. The van der Waals surface area contributed by atoms with Crippen molar-refractivity contribution in [3.8, 4) is 0 Å². The first kappa shape index (κ1) is 11.0. The molecular weight excluding hydrogens is 208 g/mol. The van der Waals surface area contributed by atoms with Gasteiger partial charge in [0.15, 0.2) is 0 Å². The molecule has 1 atom stereocenters. The van der Waals surface area contributed by atoms with Crippen molar-refractivity contribution in [3.05, 3.63) is 34.9 Å². The number of rotatable bonds is 3. The van der Waals surface area contributed by atoms with Crippen molar-refractivity contribution in [3.63, 3.8) is 0 Å². The van der Waals surface area contributed by atoms with E-state index < -0.39 is 5.60 Å². The third-order valence-corrected chi connectivity index (χ3v) is 3.59. The van der Waals surface area contributed by atoms with Gasteiger partial charge in [0, 0.05) is 5.02 Å². The number of halogens is 1. The van der Waals surface area contributed by atoms with Crippen LogP contribution in [-0.4, -0.2) is 5.11 Å². The highest BCUT2D eigenvalue weighted by Gasteiger charge is 2.30. The first-order valence-corrected chi connectivity index (χ1v) is 5.94. The number of hydrogen-bond acceptors (Lipinski definition) is 1. The highest BCUT2D eigenvalue weighted by Crippen LogP contribution is 2.38. The van der Waals surface area contributed by atoms with Gasteiger partial charge in [-0.05, 0) is 37.0 Å². The van der Waals surface area contributed by atoms with E-state index in [-0.39, 0.29) is 0 Å². The van der Waals surface area contributed by atoms with Crippen LogP contribution in [0.1, 0.15) is 38.2 Å². The second-order valence-electron chi connectivity index (χ2n) is 4.79. The smallest absolute Gasteiger partial charge is 0.0871 e. The average molecular weight is 225 g/mol. The summed E-state index contributed by atoms with van der Waals surface area (Å²) in [5.74, 6) is 0.694. The summed E-state index contributed by atoms with van der Waals surface area (Å²) < 4.78 is 0. The summed E-state index contributed by atoms with van der Waals surface area (Å²) in [5, 5.41) is 11.1. The third kappa shape index (κ3) is 2.53. The van der Waals surface area contributed by atoms with Crippen molar-refractivity contribution in [1.29, 1.82) is 0 Å². The molecule has 1 fully saturated rings. The summed E-state index contributed by atoms with van der Waals surface area (Å²) in [4.78, 5) is 0. The van der Waals surface area contributed by atoms with E-state index >= 15 is 0 Å². The lowest BCUT2D eigenvalue weighted by atomic mass is 9.76. The molecule has 1 aromatic carbocycles. The summed E-state index contributed by atoms with van der Waals surface area (Å²) in [7, 11) is 0. The molecule has 15 heavy (non-hydrogen) atoms. The normalized spacial score (nSPS) is 20.7. The molecule has 0 amide bonds. The van der Waals surface area contributed by atoms with Gasteiger partial charge >= 0.3 is 0 Å². The van der Waals surface area contributed by atoms with Gasteiger partial charge in [0.1, 0.15) is 0 Å². The van der Waals surface area contributed by atoms with Crippen LogP contribution < -0.4 is 0 Å². The van der Waals surface area contributed by atoms with Gasteiger partial charge < -0.3 is 5.11 Å². The molecule has 0 saturated heterocycles. The van der Waals surface area contributed by atoms with Crippen LogP contribution in [0.15, 0.2) is 24.3 Å². The van der Waals surface area contributed by atoms with Crippen molar-refractivity contribution in [2.75, 3.05) is 0 Å². The molecule has 0 radical (unpaired) electrons. The van der Waals surface area contributed by atoms with Gasteiger partial charge in [-0.25, -0.2) is 0 Å². The largest absolute Gasteiger partial charge is 0.385 e. The Balaban J connectivity index is 2.12. The molecule has 1 saturated carbocycles. The van der Waals surface area contributed by atoms with E-state index in [2.05, 4.69) is 0 Å². The first-order valence-electron chi connectivity index (χ1n) is 5.56. The van der Waals surface area contributed by atoms with Gasteiger partial charge in [-0.1, -0.05) is 43.0 Å². The minimum atomic E-state index is -0.726. The van der Waals surface area contributed by atoms with Crippen LogP contribution in [0.2, 0.25) is 5.02 Å². The predicted molar refractivity (Wildman–Crippen MR) is 63.0 cm³/mol. The molecule has 1 aliphatic rings. The Hall–Kier alpha value is -0.530. The number of aliphatic hydroxyl groups is 1. The molecule has 1 nitrogen and oxygen atoms in total. The molecule has 2 rings (SSSR count). The zero-order valence-electron chi connectivity index (χ0n) is 9.04. The molecule has 1 N–H and O–H groups in total. The molecular formula is C13H17ClO. The van der Waals surface area contributed by atoms with Crippen LogP contribution in [0, 0.1) is 5.92 Å². The quantitative estimate of drug-likeness (QED) is 0.830. The predicted octanol–water partition coefficient (Wildman–Crippen LogP) is 3.74. The van der Waals surface area contributed by atoms with Crippen molar-refractivity contribution in [2.45, 2.75) is 38.2 Å². The zero-order valence-corrected chi connectivity index (χ0v) is 9.80. The van der Waals surface area contributed by atoms with Gasteiger partial charge in [-0.3, -0.25) is 0 Å². The molecule has 82 valence electrons. The minimum Gasteiger partial charge on any atom is -0.385 e. The SMILES string of the molecule is CC(O)(CC1CCC1)c1cccc(Cl)c1. The number of hydrogen-bond donors (Lipinski definition) is 1. The van der Waals surface area contributed by atoms with Gasteiger partial charge in [-0.15, -0.1) is 0 Å². The van der Waals surface area contributed by atoms with Crippen LogP contribution in [0.3, 0.4) is 0 Å². The fourth-order valence-electron chi connectivity index (χ4n) is 2.20. The molecule has 0 heterocycles. The van der Waals surface area contributed by atoms with Crippen LogP contribution in [0.5, 0.6) is 0 Å². The Labute approximate surface area is 96.1 Å². The highest BCUT2D eigenvalue weighted by molar-refractivity contribution is 6.30. The maximum absolute atomic E-state index is 10.4. The van der Waals surface area contributed by atoms with Crippen LogP contribution in [-0.2, 0) is 5.60 Å². The molecule has 0 spiro atoms. The maximum atomic E-state index is 10.4. The fourth-order valence-corrected chi connectivity index (χ4v) is 2.39. The molecule has 1 unspecified atom stereocenters. The summed E-state index contributed by atoms with van der Waals surface area (Å²) in [6.45, 7) is 1.89. The lowest BCUT2D eigenvalue weighted by molar-refractivity contribution is 0.0162. The van der Waals surface area contributed by atoms with Crippen LogP contribution in [0.25, 0.3) is 0 Å². The van der Waals surface area contributed by atoms with E-state index in [4.69, 9.17) is 11.6 Å². The molecule has 1 aromatic rings. The summed E-state index contributed by atoms with van der Waals surface area (Å²) in [6, 6.07) is 7.54. The first-order chi connectivity index (χ1) is 7.08. The summed E-state index contributed by atoms with van der Waals surface area (Å²) >= 11 is 5.92. The van der Waals surface area contributed by atoms with Gasteiger partial charge in [0.2, 0.25) is 0 Å². The monoisotopic (exact) mass is 224 g/mol. The van der Waals surface area contributed by atoms with E-state index in [0.717, 1.165) is 12.0 Å². The van der Waals surface area contributed by atoms with E-state index in [1.54, 1.807) is 0 Å². The number of benzene rings is 1. The van der Waals surface area contributed by atoms with Crippen molar-refractivity contribution in [1.82, 2.24) is 0 Å². The Bertz CT molecular complexity index is 342. The lowest BCUT2D eigenvalue weighted by Crippen LogP contribution is -2.27. The zero-order chi connectivity index (χ0) is 10.9.